The second kappa shape index (κ2) is 6.79. The van der Waals surface area contributed by atoms with Gasteiger partial charge in [-0.3, -0.25) is 4.79 Å². The van der Waals surface area contributed by atoms with E-state index in [2.05, 4.69) is 20.8 Å². The zero-order valence-corrected chi connectivity index (χ0v) is 16.5. The second-order valence-electron chi connectivity index (χ2n) is 9.21. The van der Waals surface area contributed by atoms with Crippen molar-refractivity contribution < 1.29 is 19.0 Å². The SMILES string of the molecule is COC(OC)C(C=O)=CCC1C2(CCC3C(C)(C)CCCC31C)CO2. The molecule has 0 N–H and O–H groups in total. The summed E-state index contributed by atoms with van der Waals surface area (Å²) in [6.07, 6.45) is 9.48. The fourth-order valence-corrected chi connectivity index (χ4v) is 6.21. The van der Waals surface area contributed by atoms with Crippen molar-refractivity contribution in [1.82, 2.24) is 0 Å². The lowest BCUT2D eigenvalue weighted by Gasteiger charge is -2.59. The Morgan fingerprint density at radius 1 is 1.20 bits per heavy atom. The first-order chi connectivity index (χ1) is 11.8. The molecule has 1 saturated heterocycles. The van der Waals surface area contributed by atoms with E-state index in [1.54, 1.807) is 14.2 Å². The summed E-state index contributed by atoms with van der Waals surface area (Å²) in [7, 11) is 3.14. The smallest absolute Gasteiger partial charge is 0.185 e. The lowest BCUT2D eigenvalue weighted by atomic mass is 9.46. The zero-order valence-electron chi connectivity index (χ0n) is 16.5. The molecule has 25 heavy (non-hydrogen) atoms. The number of hydrogen-bond acceptors (Lipinski definition) is 4. The van der Waals surface area contributed by atoms with E-state index < -0.39 is 6.29 Å². The van der Waals surface area contributed by atoms with E-state index >= 15 is 0 Å². The van der Waals surface area contributed by atoms with Gasteiger partial charge in [0.15, 0.2) is 12.6 Å². The zero-order chi connectivity index (χ0) is 18.3. The van der Waals surface area contributed by atoms with Gasteiger partial charge < -0.3 is 14.2 Å². The maximum Gasteiger partial charge on any atom is 0.185 e. The van der Waals surface area contributed by atoms with Gasteiger partial charge in [-0.2, -0.15) is 0 Å². The molecule has 0 bridgehead atoms. The average Bonchev–Trinajstić information content (AvgIpc) is 3.32. The number of rotatable bonds is 6. The number of methoxy groups -OCH3 is 2. The van der Waals surface area contributed by atoms with Crippen molar-refractivity contribution in [3.63, 3.8) is 0 Å². The van der Waals surface area contributed by atoms with Crippen LogP contribution in [0.3, 0.4) is 0 Å². The van der Waals surface area contributed by atoms with Crippen LogP contribution in [0.2, 0.25) is 0 Å². The molecule has 0 amide bonds. The standard InChI is InChI=1S/C21H34O4/c1-19(2)10-6-11-20(3)16(19)9-12-21(14-25-21)17(20)8-7-15(13-22)18(23-4)24-5/h7,13,16-18H,6,8-12,14H2,1-5H3. The highest BCUT2D eigenvalue weighted by Crippen LogP contribution is 2.66. The minimum absolute atomic E-state index is 0.0405. The molecule has 2 aliphatic carbocycles. The van der Waals surface area contributed by atoms with E-state index in [1.807, 2.05) is 6.08 Å². The molecule has 4 atom stereocenters. The van der Waals surface area contributed by atoms with Crippen molar-refractivity contribution in [2.75, 3.05) is 20.8 Å². The van der Waals surface area contributed by atoms with E-state index in [4.69, 9.17) is 14.2 Å². The largest absolute Gasteiger partial charge is 0.369 e. The van der Waals surface area contributed by atoms with Gasteiger partial charge in [0.25, 0.3) is 0 Å². The Kier molecular flexibility index (Phi) is 5.18. The van der Waals surface area contributed by atoms with Crippen LogP contribution in [0, 0.1) is 22.7 Å². The Morgan fingerprint density at radius 3 is 2.44 bits per heavy atom. The van der Waals surface area contributed by atoms with Gasteiger partial charge >= 0.3 is 0 Å². The minimum Gasteiger partial charge on any atom is -0.369 e. The molecule has 3 aliphatic rings. The third kappa shape index (κ3) is 3.22. The number of fused-ring (bicyclic) bond motifs is 1. The van der Waals surface area contributed by atoms with Gasteiger partial charge in [0.2, 0.25) is 0 Å². The fourth-order valence-electron chi connectivity index (χ4n) is 6.21. The monoisotopic (exact) mass is 350 g/mol. The number of hydrogen-bond donors (Lipinski definition) is 0. The molecule has 0 radical (unpaired) electrons. The summed E-state index contributed by atoms with van der Waals surface area (Å²) >= 11 is 0. The molecule has 3 rings (SSSR count). The number of carbonyl (C=O) groups excluding carboxylic acids is 1. The molecule has 4 unspecified atom stereocenters. The van der Waals surface area contributed by atoms with Crippen LogP contribution in [-0.2, 0) is 19.0 Å². The highest BCUT2D eigenvalue weighted by atomic mass is 16.7. The normalized spacial score (nSPS) is 40.2. The number of carbonyl (C=O) groups is 1. The maximum atomic E-state index is 11.5. The van der Waals surface area contributed by atoms with Crippen LogP contribution in [0.5, 0.6) is 0 Å². The number of ether oxygens (including phenoxy) is 3. The molecular formula is C21H34O4. The molecule has 142 valence electrons. The summed E-state index contributed by atoms with van der Waals surface area (Å²) in [5, 5.41) is 0. The lowest BCUT2D eigenvalue weighted by Crippen LogP contribution is -2.54. The summed E-state index contributed by atoms with van der Waals surface area (Å²) in [6, 6.07) is 0. The molecule has 1 heterocycles. The fraction of sp³-hybridized carbons (Fsp3) is 0.857. The van der Waals surface area contributed by atoms with Gasteiger partial charge in [-0.05, 0) is 54.8 Å². The first-order valence-corrected chi connectivity index (χ1v) is 9.68. The van der Waals surface area contributed by atoms with Crippen molar-refractivity contribution in [2.45, 2.75) is 71.2 Å². The summed E-state index contributed by atoms with van der Waals surface area (Å²) in [5.41, 5.74) is 1.29. The van der Waals surface area contributed by atoms with Gasteiger partial charge in [-0.15, -0.1) is 0 Å². The van der Waals surface area contributed by atoms with Crippen molar-refractivity contribution in [3.05, 3.63) is 11.6 Å². The van der Waals surface area contributed by atoms with Crippen LogP contribution >= 0.6 is 0 Å². The lowest BCUT2D eigenvalue weighted by molar-refractivity contribution is -0.114. The summed E-state index contributed by atoms with van der Waals surface area (Å²) in [6.45, 7) is 8.24. The van der Waals surface area contributed by atoms with Crippen LogP contribution in [0.4, 0.5) is 0 Å². The van der Waals surface area contributed by atoms with E-state index in [-0.39, 0.29) is 11.0 Å². The van der Waals surface area contributed by atoms with Crippen molar-refractivity contribution in [3.8, 4) is 0 Å². The number of aldehydes is 1. The molecule has 1 spiro atoms. The molecule has 4 heteroatoms. The van der Waals surface area contributed by atoms with E-state index in [0.29, 0.717) is 16.9 Å². The Bertz CT molecular complexity index is 530. The third-order valence-electron chi connectivity index (χ3n) is 7.50. The quantitative estimate of drug-likeness (QED) is 0.313. The molecule has 0 aromatic rings. The molecule has 3 fully saturated rings. The second-order valence-corrected chi connectivity index (χ2v) is 9.21. The predicted molar refractivity (Wildman–Crippen MR) is 97.2 cm³/mol. The molecule has 2 saturated carbocycles. The third-order valence-corrected chi connectivity index (χ3v) is 7.50. The maximum absolute atomic E-state index is 11.5. The summed E-state index contributed by atoms with van der Waals surface area (Å²) < 4.78 is 16.6. The molecule has 0 aromatic heterocycles. The van der Waals surface area contributed by atoms with Crippen LogP contribution in [0.25, 0.3) is 0 Å². The highest BCUT2D eigenvalue weighted by Gasteiger charge is 2.64. The first kappa shape index (κ1) is 19.1. The van der Waals surface area contributed by atoms with Gasteiger partial charge in [0.05, 0.1) is 12.2 Å². The Morgan fingerprint density at radius 2 is 1.88 bits per heavy atom. The summed E-state index contributed by atoms with van der Waals surface area (Å²) in [4.78, 5) is 11.5. The highest BCUT2D eigenvalue weighted by molar-refractivity contribution is 5.74. The average molecular weight is 350 g/mol. The molecular weight excluding hydrogens is 316 g/mol. The van der Waals surface area contributed by atoms with Gasteiger partial charge in [-0.25, -0.2) is 0 Å². The van der Waals surface area contributed by atoms with Gasteiger partial charge in [0, 0.05) is 19.8 Å². The molecule has 4 nitrogen and oxygen atoms in total. The van der Waals surface area contributed by atoms with Crippen molar-refractivity contribution >= 4 is 6.29 Å². The van der Waals surface area contributed by atoms with E-state index in [1.165, 1.54) is 25.7 Å². The van der Waals surface area contributed by atoms with Crippen LogP contribution in [-0.4, -0.2) is 39.0 Å². The van der Waals surface area contributed by atoms with Crippen LogP contribution in [0.1, 0.15) is 59.3 Å². The van der Waals surface area contributed by atoms with Crippen LogP contribution in [0.15, 0.2) is 11.6 Å². The molecule has 1 aliphatic heterocycles. The Hall–Kier alpha value is -0.710. The number of epoxide rings is 1. The van der Waals surface area contributed by atoms with Gasteiger partial charge in [-0.1, -0.05) is 33.3 Å². The first-order valence-electron chi connectivity index (χ1n) is 9.68. The summed E-state index contributed by atoms with van der Waals surface area (Å²) in [5.74, 6) is 1.19. The predicted octanol–water partition coefficient (Wildman–Crippen LogP) is 4.13. The topological polar surface area (TPSA) is 48.1 Å². The number of allylic oxidation sites excluding steroid dienone is 1. The van der Waals surface area contributed by atoms with Crippen molar-refractivity contribution in [2.24, 2.45) is 22.7 Å². The minimum atomic E-state index is -0.580. The molecule has 0 aromatic carbocycles. The van der Waals surface area contributed by atoms with Gasteiger partial charge in [0.1, 0.15) is 0 Å². The van der Waals surface area contributed by atoms with E-state index in [9.17, 15) is 4.79 Å². The Balaban J connectivity index is 1.88. The Labute approximate surface area is 152 Å². The van der Waals surface area contributed by atoms with Crippen molar-refractivity contribution in [1.29, 1.82) is 0 Å². The van der Waals surface area contributed by atoms with Crippen LogP contribution < -0.4 is 0 Å². The van der Waals surface area contributed by atoms with E-state index in [0.717, 1.165) is 31.7 Å².